The SMILES string of the molecule is Cc1ccccc1C=C(F)C(C)C. The fourth-order valence-electron chi connectivity index (χ4n) is 1.06. The van der Waals surface area contributed by atoms with Gasteiger partial charge in [-0.25, -0.2) is 4.39 Å². The largest absolute Gasteiger partial charge is 0.212 e. The standard InChI is InChI=1S/C12H15F/c1-9(2)12(13)8-11-7-5-4-6-10(11)3/h4-9H,1-3H3. The Morgan fingerprint density at radius 1 is 1.31 bits per heavy atom. The number of halogens is 1. The van der Waals surface area contributed by atoms with Gasteiger partial charge in [0.25, 0.3) is 0 Å². The van der Waals surface area contributed by atoms with Crippen LogP contribution in [0, 0.1) is 12.8 Å². The van der Waals surface area contributed by atoms with E-state index in [4.69, 9.17) is 0 Å². The van der Waals surface area contributed by atoms with Crippen LogP contribution in [0.15, 0.2) is 30.1 Å². The molecule has 1 aromatic rings. The molecule has 0 fully saturated rings. The van der Waals surface area contributed by atoms with Gasteiger partial charge in [0.1, 0.15) is 5.83 Å². The molecule has 0 atom stereocenters. The fraction of sp³-hybridized carbons (Fsp3) is 0.333. The summed E-state index contributed by atoms with van der Waals surface area (Å²) in [4.78, 5) is 0. The maximum Gasteiger partial charge on any atom is 0.103 e. The van der Waals surface area contributed by atoms with E-state index in [1.165, 1.54) is 0 Å². The molecule has 1 aromatic carbocycles. The Balaban J connectivity index is 2.97. The Labute approximate surface area is 79.1 Å². The maximum absolute atomic E-state index is 13.3. The Morgan fingerprint density at radius 3 is 2.46 bits per heavy atom. The van der Waals surface area contributed by atoms with Gasteiger partial charge in [-0.15, -0.1) is 0 Å². The zero-order valence-electron chi connectivity index (χ0n) is 8.34. The second kappa shape index (κ2) is 4.22. The molecule has 13 heavy (non-hydrogen) atoms. The van der Waals surface area contributed by atoms with Crippen molar-refractivity contribution in [3.63, 3.8) is 0 Å². The van der Waals surface area contributed by atoms with Crippen molar-refractivity contribution in [1.82, 2.24) is 0 Å². The Kier molecular flexibility index (Phi) is 3.24. The van der Waals surface area contributed by atoms with Crippen molar-refractivity contribution >= 4 is 6.08 Å². The summed E-state index contributed by atoms with van der Waals surface area (Å²) in [5.41, 5.74) is 2.08. The lowest BCUT2D eigenvalue weighted by Gasteiger charge is -2.03. The van der Waals surface area contributed by atoms with E-state index in [2.05, 4.69) is 0 Å². The summed E-state index contributed by atoms with van der Waals surface area (Å²) in [6.45, 7) is 5.69. The molecule has 0 saturated carbocycles. The van der Waals surface area contributed by atoms with Crippen molar-refractivity contribution < 1.29 is 4.39 Å². The van der Waals surface area contributed by atoms with Gasteiger partial charge in [0.05, 0.1) is 0 Å². The van der Waals surface area contributed by atoms with Crippen LogP contribution in [-0.2, 0) is 0 Å². The van der Waals surface area contributed by atoms with E-state index in [-0.39, 0.29) is 11.7 Å². The van der Waals surface area contributed by atoms with Gasteiger partial charge >= 0.3 is 0 Å². The number of allylic oxidation sites excluding steroid dienone is 1. The number of aryl methyl sites for hydroxylation is 1. The van der Waals surface area contributed by atoms with Gasteiger partial charge in [-0.1, -0.05) is 38.1 Å². The first kappa shape index (κ1) is 9.97. The summed E-state index contributed by atoms with van der Waals surface area (Å²) >= 11 is 0. The summed E-state index contributed by atoms with van der Waals surface area (Å²) in [6, 6.07) is 7.79. The molecule has 0 amide bonds. The number of hydrogen-bond donors (Lipinski definition) is 0. The zero-order chi connectivity index (χ0) is 9.84. The third-order valence-electron chi connectivity index (χ3n) is 2.03. The molecule has 0 nitrogen and oxygen atoms in total. The van der Waals surface area contributed by atoms with Gasteiger partial charge in [-0.3, -0.25) is 0 Å². The fourth-order valence-corrected chi connectivity index (χ4v) is 1.06. The van der Waals surface area contributed by atoms with E-state index in [0.29, 0.717) is 0 Å². The van der Waals surface area contributed by atoms with Crippen molar-refractivity contribution in [2.24, 2.45) is 5.92 Å². The number of rotatable bonds is 2. The molecule has 0 aliphatic heterocycles. The normalized spacial score (nSPS) is 12.2. The van der Waals surface area contributed by atoms with Crippen LogP contribution >= 0.6 is 0 Å². The van der Waals surface area contributed by atoms with Crippen LogP contribution in [0.5, 0.6) is 0 Å². The molecule has 70 valence electrons. The molecule has 0 unspecified atom stereocenters. The van der Waals surface area contributed by atoms with Crippen LogP contribution in [0.2, 0.25) is 0 Å². The molecule has 0 N–H and O–H groups in total. The van der Waals surface area contributed by atoms with Crippen molar-refractivity contribution in [3.05, 3.63) is 41.2 Å². The highest BCUT2D eigenvalue weighted by Gasteiger charge is 2.01. The summed E-state index contributed by atoms with van der Waals surface area (Å²) < 4.78 is 13.3. The zero-order valence-corrected chi connectivity index (χ0v) is 8.34. The first-order valence-electron chi connectivity index (χ1n) is 4.54. The molecule has 0 saturated heterocycles. The van der Waals surface area contributed by atoms with E-state index >= 15 is 0 Å². The van der Waals surface area contributed by atoms with Crippen LogP contribution in [-0.4, -0.2) is 0 Å². The molecular formula is C12H15F. The third-order valence-corrected chi connectivity index (χ3v) is 2.03. The highest BCUT2D eigenvalue weighted by molar-refractivity contribution is 5.55. The van der Waals surface area contributed by atoms with E-state index in [1.54, 1.807) is 6.08 Å². The molecular weight excluding hydrogens is 163 g/mol. The molecule has 0 bridgehead atoms. The summed E-state index contributed by atoms with van der Waals surface area (Å²) in [6.07, 6.45) is 1.61. The predicted molar refractivity (Wildman–Crippen MR) is 55.1 cm³/mol. The van der Waals surface area contributed by atoms with Crippen molar-refractivity contribution in [2.45, 2.75) is 20.8 Å². The highest BCUT2D eigenvalue weighted by Crippen LogP contribution is 2.17. The Bertz CT molecular complexity index is 311. The molecule has 0 aliphatic rings. The topological polar surface area (TPSA) is 0 Å². The average Bonchev–Trinajstić information content (AvgIpc) is 2.08. The van der Waals surface area contributed by atoms with Gasteiger partial charge in [-0.05, 0) is 24.1 Å². The van der Waals surface area contributed by atoms with Gasteiger partial charge in [0.2, 0.25) is 0 Å². The first-order chi connectivity index (χ1) is 6.11. The smallest absolute Gasteiger partial charge is 0.103 e. The molecule has 0 radical (unpaired) electrons. The second-order valence-corrected chi connectivity index (χ2v) is 3.54. The monoisotopic (exact) mass is 178 g/mol. The van der Waals surface area contributed by atoms with E-state index in [1.807, 2.05) is 45.0 Å². The minimum Gasteiger partial charge on any atom is -0.212 e. The van der Waals surface area contributed by atoms with Crippen LogP contribution in [0.4, 0.5) is 4.39 Å². The van der Waals surface area contributed by atoms with Crippen LogP contribution < -0.4 is 0 Å². The first-order valence-corrected chi connectivity index (χ1v) is 4.54. The Hall–Kier alpha value is -1.11. The summed E-state index contributed by atoms with van der Waals surface area (Å²) in [5.74, 6) is -0.0890. The van der Waals surface area contributed by atoms with E-state index in [9.17, 15) is 4.39 Å². The quantitative estimate of drug-likeness (QED) is 0.643. The van der Waals surface area contributed by atoms with Gasteiger partial charge < -0.3 is 0 Å². The average molecular weight is 178 g/mol. The predicted octanol–water partition coefficient (Wildman–Crippen LogP) is 3.96. The minimum atomic E-state index is -0.0608. The molecule has 0 heterocycles. The van der Waals surface area contributed by atoms with E-state index < -0.39 is 0 Å². The van der Waals surface area contributed by atoms with Gasteiger partial charge in [-0.2, -0.15) is 0 Å². The summed E-state index contributed by atoms with van der Waals surface area (Å²) in [5, 5.41) is 0. The van der Waals surface area contributed by atoms with Crippen LogP contribution in [0.25, 0.3) is 6.08 Å². The molecule has 1 rings (SSSR count). The Morgan fingerprint density at radius 2 is 1.92 bits per heavy atom. The maximum atomic E-state index is 13.3. The van der Waals surface area contributed by atoms with E-state index in [0.717, 1.165) is 11.1 Å². The van der Waals surface area contributed by atoms with Crippen LogP contribution in [0.1, 0.15) is 25.0 Å². The minimum absolute atomic E-state index is 0.0281. The molecule has 0 aliphatic carbocycles. The van der Waals surface area contributed by atoms with Crippen LogP contribution in [0.3, 0.4) is 0 Å². The van der Waals surface area contributed by atoms with Crippen molar-refractivity contribution in [1.29, 1.82) is 0 Å². The molecule has 0 spiro atoms. The molecule has 1 heteroatoms. The van der Waals surface area contributed by atoms with Crippen molar-refractivity contribution in [3.8, 4) is 0 Å². The number of hydrogen-bond acceptors (Lipinski definition) is 0. The lowest BCUT2D eigenvalue weighted by Crippen LogP contribution is -1.88. The second-order valence-electron chi connectivity index (χ2n) is 3.54. The number of benzene rings is 1. The summed E-state index contributed by atoms with van der Waals surface area (Å²) in [7, 11) is 0. The van der Waals surface area contributed by atoms with Gasteiger partial charge in [0, 0.05) is 5.92 Å². The highest BCUT2D eigenvalue weighted by atomic mass is 19.1. The van der Waals surface area contributed by atoms with Crippen molar-refractivity contribution in [2.75, 3.05) is 0 Å². The molecule has 0 aromatic heterocycles. The lowest BCUT2D eigenvalue weighted by molar-refractivity contribution is 0.527. The van der Waals surface area contributed by atoms with Gasteiger partial charge in [0.15, 0.2) is 0 Å². The third kappa shape index (κ3) is 2.69. The lowest BCUT2D eigenvalue weighted by atomic mass is 10.1.